The van der Waals surface area contributed by atoms with E-state index in [0.717, 1.165) is 18.9 Å². The van der Waals surface area contributed by atoms with E-state index in [1.165, 1.54) is 12.3 Å². The number of aromatic nitrogens is 3. The first-order chi connectivity index (χ1) is 12.3. The van der Waals surface area contributed by atoms with Gasteiger partial charge in [0.05, 0.1) is 11.8 Å². The molecule has 1 unspecified atom stereocenters. The van der Waals surface area contributed by atoms with Crippen LogP contribution in [0.3, 0.4) is 0 Å². The second-order valence-electron chi connectivity index (χ2n) is 6.44. The van der Waals surface area contributed by atoms with Gasteiger partial charge in [-0.05, 0) is 25.0 Å². The van der Waals surface area contributed by atoms with Gasteiger partial charge in [0.25, 0.3) is 5.91 Å². The van der Waals surface area contributed by atoms with E-state index in [-0.39, 0.29) is 17.8 Å². The molecule has 1 saturated heterocycles. The maximum atomic E-state index is 12.9. The summed E-state index contributed by atoms with van der Waals surface area (Å²) in [5, 5.41) is 4.00. The molecular weight excluding hydrogens is 347 g/mol. The zero-order valence-corrected chi connectivity index (χ0v) is 14.6. The summed E-state index contributed by atoms with van der Waals surface area (Å²) in [5.74, 6) is 0.133. The average molecular weight is 367 g/mol. The quantitative estimate of drug-likeness (QED) is 0.837. The van der Waals surface area contributed by atoms with Gasteiger partial charge in [0.1, 0.15) is 11.5 Å². The molecule has 0 saturated carbocycles. The molecule has 1 amide bonds. The van der Waals surface area contributed by atoms with E-state index in [4.69, 9.17) is 0 Å². The molecule has 9 heteroatoms. The molecule has 140 valence electrons. The minimum atomic E-state index is -4.47. The number of amides is 1. The molecule has 0 bridgehead atoms. The Morgan fingerprint density at radius 1 is 1.35 bits per heavy atom. The lowest BCUT2D eigenvalue weighted by Crippen LogP contribution is -2.49. The van der Waals surface area contributed by atoms with Crippen molar-refractivity contribution in [2.24, 2.45) is 7.05 Å². The summed E-state index contributed by atoms with van der Waals surface area (Å²) in [6, 6.07) is 3.79. The number of pyridine rings is 1. The molecule has 26 heavy (non-hydrogen) atoms. The smallest absolute Gasteiger partial charge is 0.355 e. The number of hydrogen-bond acceptors (Lipinski definition) is 4. The zero-order valence-electron chi connectivity index (χ0n) is 14.6. The molecule has 0 aliphatic carbocycles. The lowest BCUT2D eigenvalue weighted by molar-refractivity contribution is -0.141. The summed E-state index contributed by atoms with van der Waals surface area (Å²) in [7, 11) is 3.45. The molecular formula is C17H20F3N5O. The number of aryl methyl sites for hydroxylation is 1. The number of likely N-dealkylation sites (N-methyl/N-ethyl adjacent to an activating group) is 1. The summed E-state index contributed by atoms with van der Waals surface area (Å²) in [6.07, 6.45) is 0.241. The van der Waals surface area contributed by atoms with Gasteiger partial charge in [-0.3, -0.25) is 9.48 Å². The Morgan fingerprint density at radius 3 is 2.77 bits per heavy atom. The number of alkyl halides is 3. The fourth-order valence-electron chi connectivity index (χ4n) is 3.14. The van der Waals surface area contributed by atoms with Gasteiger partial charge in [-0.2, -0.15) is 18.3 Å². The first-order valence-electron chi connectivity index (χ1n) is 8.30. The van der Waals surface area contributed by atoms with Gasteiger partial charge in [-0.25, -0.2) is 4.98 Å². The van der Waals surface area contributed by atoms with Gasteiger partial charge in [0.2, 0.25) is 0 Å². The molecule has 3 rings (SSSR count). The van der Waals surface area contributed by atoms with Crippen LogP contribution in [-0.2, 0) is 13.2 Å². The van der Waals surface area contributed by atoms with E-state index in [1.807, 2.05) is 0 Å². The normalized spacial score (nSPS) is 18.0. The summed E-state index contributed by atoms with van der Waals surface area (Å²) in [6.45, 7) is 1.05. The third kappa shape index (κ3) is 3.81. The molecule has 0 N–H and O–H groups in total. The topological polar surface area (TPSA) is 54.3 Å². The highest BCUT2D eigenvalue weighted by atomic mass is 19.4. The maximum absolute atomic E-state index is 12.9. The Kier molecular flexibility index (Phi) is 4.88. The number of hydrogen-bond donors (Lipinski definition) is 0. The molecule has 1 aliphatic heterocycles. The number of nitrogens with zero attached hydrogens (tertiary/aromatic N) is 5. The van der Waals surface area contributed by atoms with Crippen LogP contribution < -0.4 is 4.90 Å². The summed E-state index contributed by atoms with van der Waals surface area (Å²) < 4.78 is 40.2. The average Bonchev–Trinajstić information content (AvgIpc) is 3.06. The second kappa shape index (κ2) is 6.97. The number of carbonyl (C=O) groups excluding carboxylic acids is 1. The Labute approximate surface area is 149 Å². The van der Waals surface area contributed by atoms with Crippen LogP contribution in [-0.4, -0.2) is 51.8 Å². The second-order valence-corrected chi connectivity index (χ2v) is 6.44. The van der Waals surface area contributed by atoms with Crippen molar-refractivity contribution in [3.63, 3.8) is 0 Å². The first kappa shape index (κ1) is 18.2. The van der Waals surface area contributed by atoms with Gasteiger partial charge in [-0.1, -0.05) is 6.07 Å². The van der Waals surface area contributed by atoms with Crippen LogP contribution in [0.4, 0.5) is 19.0 Å². The third-order valence-corrected chi connectivity index (χ3v) is 4.57. The Balaban J connectivity index is 1.74. The highest BCUT2D eigenvalue weighted by molar-refractivity contribution is 5.93. The minimum Gasteiger partial charge on any atom is -0.355 e. The van der Waals surface area contributed by atoms with E-state index in [9.17, 15) is 18.0 Å². The van der Waals surface area contributed by atoms with E-state index >= 15 is 0 Å². The van der Waals surface area contributed by atoms with Crippen molar-refractivity contribution in [1.29, 1.82) is 0 Å². The number of piperidine rings is 1. The van der Waals surface area contributed by atoms with Crippen molar-refractivity contribution in [2.75, 3.05) is 25.0 Å². The summed E-state index contributed by atoms with van der Waals surface area (Å²) in [5.41, 5.74) is -0.416. The number of anilines is 1. The highest BCUT2D eigenvalue weighted by Gasteiger charge is 2.34. The van der Waals surface area contributed by atoms with E-state index in [0.29, 0.717) is 18.7 Å². The minimum absolute atomic E-state index is 0.104. The zero-order chi connectivity index (χ0) is 18.9. The van der Waals surface area contributed by atoms with Crippen molar-refractivity contribution < 1.29 is 18.0 Å². The van der Waals surface area contributed by atoms with Gasteiger partial charge in [0, 0.05) is 39.4 Å². The molecule has 0 radical (unpaired) electrons. The predicted molar refractivity (Wildman–Crippen MR) is 89.8 cm³/mol. The van der Waals surface area contributed by atoms with Gasteiger partial charge in [-0.15, -0.1) is 0 Å². The standard InChI is InChI=1S/C17H20F3N5O/c1-23-10-12(9-21-23)16(26)24(2)13-5-4-8-25(11-13)15-7-3-6-14(22-15)17(18,19)20/h3,6-7,9-10,13H,4-5,8,11H2,1-2H3. The van der Waals surface area contributed by atoms with Gasteiger partial charge < -0.3 is 9.80 Å². The lowest BCUT2D eigenvalue weighted by Gasteiger charge is -2.38. The van der Waals surface area contributed by atoms with Crippen LogP contribution in [0.15, 0.2) is 30.6 Å². The fourth-order valence-corrected chi connectivity index (χ4v) is 3.14. The number of rotatable bonds is 3. The Bertz CT molecular complexity index is 789. The Morgan fingerprint density at radius 2 is 2.12 bits per heavy atom. The van der Waals surface area contributed by atoms with Crippen LogP contribution in [0.5, 0.6) is 0 Å². The molecule has 2 aromatic rings. The van der Waals surface area contributed by atoms with Crippen molar-refractivity contribution >= 4 is 11.7 Å². The Hall–Kier alpha value is -2.58. The molecule has 1 atom stereocenters. The highest BCUT2D eigenvalue weighted by Crippen LogP contribution is 2.30. The molecule has 3 heterocycles. The van der Waals surface area contributed by atoms with E-state index in [2.05, 4.69) is 10.1 Å². The predicted octanol–water partition coefficient (Wildman–Crippen LogP) is 2.57. The van der Waals surface area contributed by atoms with Crippen LogP contribution in [0, 0.1) is 0 Å². The summed E-state index contributed by atoms with van der Waals surface area (Å²) >= 11 is 0. The van der Waals surface area contributed by atoms with Crippen LogP contribution in [0.1, 0.15) is 28.9 Å². The molecule has 0 spiro atoms. The van der Waals surface area contributed by atoms with Gasteiger partial charge >= 0.3 is 6.18 Å². The SMILES string of the molecule is CN(C(=O)c1cnn(C)c1)C1CCCN(c2cccc(C(F)(F)F)n2)C1. The lowest BCUT2D eigenvalue weighted by atomic mass is 10.0. The molecule has 1 fully saturated rings. The first-order valence-corrected chi connectivity index (χ1v) is 8.30. The van der Waals surface area contributed by atoms with Crippen molar-refractivity contribution in [2.45, 2.75) is 25.1 Å². The van der Waals surface area contributed by atoms with Crippen molar-refractivity contribution in [1.82, 2.24) is 19.7 Å². The van der Waals surface area contributed by atoms with Crippen LogP contribution in [0.2, 0.25) is 0 Å². The van der Waals surface area contributed by atoms with E-state index in [1.54, 1.807) is 40.8 Å². The molecule has 2 aromatic heterocycles. The molecule has 6 nitrogen and oxygen atoms in total. The largest absolute Gasteiger partial charge is 0.433 e. The monoisotopic (exact) mass is 367 g/mol. The van der Waals surface area contributed by atoms with Crippen molar-refractivity contribution in [3.05, 3.63) is 41.9 Å². The van der Waals surface area contributed by atoms with Crippen molar-refractivity contribution in [3.8, 4) is 0 Å². The summed E-state index contributed by atoms with van der Waals surface area (Å²) in [4.78, 5) is 19.8. The fraction of sp³-hybridized carbons (Fsp3) is 0.471. The van der Waals surface area contributed by atoms with E-state index < -0.39 is 11.9 Å². The number of carbonyl (C=O) groups is 1. The van der Waals surface area contributed by atoms with Crippen LogP contribution >= 0.6 is 0 Å². The van der Waals surface area contributed by atoms with Crippen LogP contribution in [0.25, 0.3) is 0 Å². The number of halogens is 3. The van der Waals surface area contributed by atoms with Gasteiger partial charge in [0.15, 0.2) is 0 Å². The molecule has 0 aromatic carbocycles. The third-order valence-electron chi connectivity index (χ3n) is 4.57. The molecule has 1 aliphatic rings. The maximum Gasteiger partial charge on any atom is 0.433 e.